The van der Waals surface area contributed by atoms with Gasteiger partial charge in [-0.25, -0.2) is 4.98 Å². The Morgan fingerprint density at radius 3 is 2.61 bits per heavy atom. The molecule has 23 heavy (non-hydrogen) atoms. The third kappa shape index (κ3) is 4.02. The quantitative estimate of drug-likeness (QED) is 0.848. The third-order valence-electron chi connectivity index (χ3n) is 4.25. The molecule has 122 valence electrons. The molecule has 0 amide bonds. The Balaban J connectivity index is 1.73. The molecule has 1 aromatic carbocycles. The lowest BCUT2D eigenvalue weighted by atomic mass is 9.86. The average molecular weight is 313 g/mol. The van der Waals surface area contributed by atoms with E-state index in [0.717, 1.165) is 11.3 Å². The second-order valence-corrected chi connectivity index (χ2v) is 6.09. The van der Waals surface area contributed by atoms with Crippen molar-refractivity contribution in [3.05, 3.63) is 53.2 Å². The first-order valence-electron chi connectivity index (χ1n) is 8.17. The van der Waals surface area contributed by atoms with Gasteiger partial charge in [0.15, 0.2) is 0 Å². The summed E-state index contributed by atoms with van der Waals surface area (Å²) in [6, 6.07) is 11.8. The molecule has 0 atom stereocenters. The van der Waals surface area contributed by atoms with Crippen molar-refractivity contribution in [1.29, 1.82) is 0 Å². The van der Waals surface area contributed by atoms with Crippen molar-refractivity contribution >= 4 is 0 Å². The molecule has 1 saturated carbocycles. The summed E-state index contributed by atoms with van der Waals surface area (Å²) in [6.07, 6.45) is 3.76. The van der Waals surface area contributed by atoms with Gasteiger partial charge >= 0.3 is 0 Å². The Morgan fingerprint density at radius 1 is 1.17 bits per heavy atom. The molecule has 1 fully saturated rings. The molecule has 3 rings (SSSR count). The highest BCUT2D eigenvalue weighted by Crippen LogP contribution is 2.31. The highest BCUT2D eigenvalue weighted by Gasteiger charge is 2.20. The van der Waals surface area contributed by atoms with Crippen LogP contribution < -0.4 is 9.47 Å². The van der Waals surface area contributed by atoms with Crippen LogP contribution in [0.1, 0.15) is 36.1 Å². The van der Waals surface area contributed by atoms with Crippen molar-refractivity contribution in [2.75, 3.05) is 6.61 Å². The third-order valence-corrected chi connectivity index (χ3v) is 4.25. The van der Waals surface area contributed by atoms with Gasteiger partial charge in [-0.1, -0.05) is 36.8 Å². The van der Waals surface area contributed by atoms with E-state index in [-0.39, 0.29) is 6.61 Å². The number of aromatic nitrogens is 1. The van der Waals surface area contributed by atoms with Crippen LogP contribution in [0.2, 0.25) is 0 Å². The van der Waals surface area contributed by atoms with Gasteiger partial charge in [0.05, 0.1) is 18.8 Å². The van der Waals surface area contributed by atoms with Crippen LogP contribution in [-0.4, -0.2) is 16.7 Å². The smallest absolute Gasteiger partial charge is 0.223 e. The summed E-state index contributed by atoms with van der Waals surface area (Å²) in [4.78, 5) is 4.42. The summed E-state index contributed by atoms with van der Waals surface area (Å²) < 4.78 is 11.8. The minimum Gasteiger partial charge on any atom is -0.493 e. The van der Waals surface area contributed by atoms with Gasteiger partial charge in [0.2, 0.25) is 5.88 Å². The number of pyridine rings is 1. The normalized spacial score (nSPS) is 14.3. The molecule has 1 N–H and O–H groups in total. The van der Waals surface area contributed by atoms with Crippen LogP contribution in [0, 0.1) is 12.8 Å². The van der Waals surface area contributed by atoms with Crippen LogP contribution in [0.15, 0.2) is 36.4 Å². The first-order valence-corrected chi connectivity index (χ1v) is 8.17. The minimum absolute atomic E-state index is 0.141. The Kier molecular flexibility index (Phi) is 5.13. The van der Waals surface area contributed by atoms with Crippen molar-refractivity contribution in [3.8, 4) is 11.6 Å². The zero-order valence-electron chi connectivity index (χ0n) is 13.5. The summed E-state index contributed by atoms with van der Waals surface area (Å²) in [5.74, 6) is 1.79. The lowest BCUT2D eigenvalue weighted by Gasteiger charge is -2.26. The number of aliphatic hydroxyl groups excluding tert-OH is 1. The van der Waals surface area contributed by atoms with Crippen molar-refractivity contribution in [3.63, 3.8) is 0 Å². The van der Waals surface area contributed by atoms with Crippen LogP contribution in [-0.2, 0) is 13.2 Å². The van der Waals surface area contributed by atoms with Crippen molar-refractivity contribution in [2.24, 2.45) is 5.92 Å². The first kappa shape index (κ1) is 15.8. The number of benzene rings is 1. The molecule has 0 aliphatic heterocycles. The summed E-state index contributed by atoms with van der Waals surface area (Å²) in [6.45, 7) is 2.89. The second-order valence-electron chi connectivity index (χ2n) is 6.09. The van der Waals surface area contributed by atoms with Crippen LogP contribution in [0.25, 0.3) is 0 Å². The number of ether oxygens (including phenoxy) is 2. The Labute approximate surface area is 137 Å². The van der Waals surface area contributed by atoms with E-state index in [1.54, 1.807) is 0 Å². The van der Waals surface area contributed by atoms with E-state index in [2.05, 4.69) is 4.98 Å². The number of aliphatic hydroxyl groups is 1. The van der Waals surface area contributed by atoms with Crippen LogP contribution in [0.4, 0.5) is 0 Å². The average Bonchev–Trinajstić information content (AvgIpc) is 2.52. The van der Waals surface area contributed by atoms with Gasteiger partial charge < -0.3 is 14.6 Å². The van der Waals surface area contributed by atoms with Gasteiger partial charge in [0, 0.05) is 11.8 Å². The number of rotatable bonds is 7. The summed E-state index contributed by atoms with van der Waals surface area (Å²) >= 11 is 0. The Morgan fingerprint density at radius 2 is 1.96 bits per heavy atom. The van der Waals surface area contributed by atoms with Crippen molar-refractivity contribution < 1.29 is 14.6 Å². The van der Waals surface area contributed by atoms with Gasteiger partial charge in [0.25, 0.3) is 0 Å². The fourth-order valence-corrected chi connectivity index (χ4v) is 2.63. The number of nitrogens with zero attached hydrogens (tertiary/aromatic N) is 1. The van der Waals surface area contributed by atoms with Crippen LogP contribution in [0.5, 0.6) is 11.6 Å². The van der Waals surface area contributed by atoms with Crippen molar-refractivity contribution in [2.45, 2.75) is 39.4 Å². The highest BCUT2D eigenvalue weighted by molar-refractivity contribution is 5.41. The second kappa shape index (κ2) is 7.47. The Bertz CT molecular complexity index is 639. The minimum atomic E-state index is -0.141. The lowest BCUT2D eigenvalue weighted by Crippen LogP contribution is -2.20. The standard InChI is InChI=1S/C19H23NO3/c1-14-10-18(22-12-16-8-5-9-16)17(11-21)19(20-14)23-13-15-6-3-2-4-7-15/h2-4,6-7,10,16,21H,5,8-9,11-13H2,1H3. The predicted molar refractivity (Wildman–Crippen MR) is 88.5 cm³/mol. The number of hydrogen-bond acceptors (Lipinski definition) is 4. The van der Waals surface area contributed by atoms with Gasteiger partial charge in [0.1, 0.15) is 12.4 Å². The predicted octanol–water partition coefficient (Wildman–Crippen LogP) is 3.64. The molecule has 0 bridgehead atoms. The largest absolute Gasteiger partial charge is 0.493 e. The molecule has 1 heterocycles. The van der Waals surface area contributed by atoms with Gasteiger partial charge in [-0.3, -0.25) is 0 Å². The van der Waals surface area contributed by atoms with E-state index in [4.69, 9.17) is 9.47 Å². The van der Waals surface area contributed by atoms with E-state index < -0.39 is 0 Å². The monoisotopic (exact) mass is 313 g/mol. The molecule has 1 aliphatic rings. The molecule has 1 aromatic heterocycles. The van der Waals surface area contributed by atoms with Gasteiger partial charge in [-0.2, -0.15) is 0 Å². The molecule has 4 heteroatoms. The van der Waals surface area contributed by atoms with Gasteiger partial charge in [-0.15, -0.1) is 0 Å². The maximum Gasteiger partial charge on any atom is 0.223 e. The van der Waals surface area contributed by atoms with E-state index in [1.165, 1.54) is 19.3 Å². The SMILES string of the molecule is Cc1cc(OCC2CCC2)c(CO)c(OCc2ccccc2)n1. The molecule has 2 aromatic rings. The zero-order chi connectivity index (χ0) is 16.1. The summed E-state index contributed by atoms with van der Waals surface area (Å²) in [7, 11) is 0. The number of aryl methyl sites for hydroxylation is 1. The maximum absolute atomic E-state index is 9.72. The molecule has 0 radical (unpaired) electrons. The first-order chi connectivity index (χ1) is 11.3. The molecule has 0 saturated heterocycles. The fourth-order valence-electron chi connectivity index (χ4n) is 2.63. The lowest BCUT2D eigenvalue weighted by molar-refractivity contribution is 0.173. The number of hydrogen-bond donors (Lipinski definition) is 1. The summed E-state index contributed by atoms with van der Waals surface area (Å²) in [5.41, 5.74) is 2.52. The summed E-state index contributed by atoms with van der Waals surface area (Å²) in [5, 5.41) is 9.72. The molecular weight excluding hydrogens is 290 g/mol. The molecule has 0 unspecified atom stereocenters. The topological polar surface area (TPSA) is 51.6 Å². The fraction of sp³-hybridized carbons (Fsp3) is 0.421. The molecule has 4 nitrogen and oxygen atoms in total. The van der Waals surface area contributed by atoms with Gasteiger partial charge in [-0.05, 0) is 31.2 Å². The Hall–Kier alpha value is -2.07. The highest BCUT2D eigenvalue weighted by atomic mass is 16.5. The van der Waals surface area contributed by atoms with Crippen molar-refractivity contribution in [1.82, 2.24) is 4.98 Å². The van der Waals surface area contributed by atoms with E-state index >= 15 is 0 Å². The van der Waals surface area contributed by atoms with E-state index in [9.17, 15) is 5.11 Å². The van der Waals surface area contributed by atoms with E-state index in [0.29, 0.717) is 36.3 Å². The van der Waals surface area contributed by atoms with Crippen LogP contribution in [0.3, 0.4) is 0 Å². The van der Waals surface area contributed by atoms with Crippen LogP contribution >= 0.6 is 0 Å². The zero-order valence-corrected chi connectivity index (χ0v) is 13.5. The maximum atomic E-state index is 9.72. The molecule has 1 aliphatic carbocycles. The molecular formula is C19H23NO3. The molecule has 0 spiro atoms. The van der Waals surface area contributed by atoms with E-state index in [1.807, 2.05) is 43.3 Å².